The van der Waals surface area contributed by atoms with E-state index in [1.807, 2.05) is 32.9 Å². The molecule has 1 aliphatic rings. The van der Waals surface area contributed by atoms with Crippen LogP contribution in [0.3, 0.4) is 0 Å². The Labute approximate surface area is 133 Å². The third kappa shape index (κ3) is 5.78. The predicted octanol–water partition coefficient (Wildman–Crippen LogP) is 2.76. The van der Waals surface area contributed by atoms with E-state index in [1.54, 1.807) is 12.2 Å². The maximum Gasteiger partial charge on any atom is 0.309 e. The van der Waals surface area contributed by atoms with Crippen molar-refractivity contribution in [2.24, 2.45) is 11.8 Å². The summed E-state index contributed by atoms with van der Waals surface area (Å²) in [7, 11) is 0. The van der Waals surface area contributed by atoms with Gasteiger partial charge in [-0.2, -0.15) is 0 Å². The summed E-state index contributed by atoms with van der Waals surface area (Å²) in [5.74, 6) is -0.432. The third-order valence-electron chi connectivity index (χ3n) is 4.12. The highest BCUT2D eigenvalue weighted by molar-refractivity contribution is 5.70. The molecule has 0 aromatic carbocycles. The predicted molar refractivity (Wildman–Crippen MR) is 87.2 cm³/mol. The quantitative estimate of drug-likeness (QED) is 0.468. The molecule has 124 valence electrons. The molecule has 0 fully saturated rings. The summed E-state index contributed by atoms with van der Waals surface area (Å²) in [6.45, 7) is 9.42. The van der Waals surface area contributed by atoms with E-state index in [2.05, 4.69) is 6.58 Å². The average Bonchev–Trinajstić information content (AvgIpc) is 2.46. The van der Waals surface area contributed by atoms with Crippen LogP contribution < -0.4 is 0 Å². The van der Waals surface area contributed by atoms with Crippen LogP contribution in [0.2, 0.25) is 0 Å². The number of rotatable bonds is 2. The fraction of sp³-hybridized carbons (Fsp3) is 0.611. The van der Waals surface area contributed by atoms with Gasteiger partial charge < -0.3 is 14.9 Å². The minimum Gasteiger partial charge on any atom is -0.457 e. The van der Waals surface area contributed by atoms with Crippen LogP contribution >= 0.6 is 0 Å². The molecule has 0 bridgehead atoms. The maximum atomic E-state index is 12.0. The summed E-state index contributed by atoms with van der Waals surface area (Å²) in [6, 6.07) is 0. The third-order valence-corrected chi connectivity index (χ3v) is 4.12. The Morgan fingerprint density at radius 3 is 2.64 bits per heavy atom. The van der Waals surface area contributed by atoms with Gasteiger partial charge in [-0.15, -0.1) is 0 Å². The van der Waals surface area contributed by atoms with Crippen LogP contribution in [0, 0.1) is 11.8 Å². The minimum atomic E-state index is -0.731. The molecule has 0 aromatic heterocycles. The van der Waals surface area contributed by atoms with Gasteiger partial charge in [-0.3, -0.25) is 4.79 Å². The number of hydrogen-bond acceptors (Lipinski definition) is 4. The number of esters is 1. The van der Waals surface area contributed by atoms with Crippen LogP contribution in [0.25, 0.3) is 0 Å². The number of ether oxygens (including phenoxy) is 1. The maximum absolute atomic E-state index is 12.0. The molecule has 2 N–H and O–H groups in total. The van der Waals surface area contributed by atoms with Gasteiger partial charge in [-0.25, -0.2) is 0 Å². The molecule has 22 heavy (non-hydrogen) atoms. The number of hydrogen-bond donors (Lipinski definition) is 2. The second-order valence-electron chi connectivity index (χ2n) is 6.20. The summed E-state index contributed by atoms with van der Waals surface area (Å²) < 4.78 is 5.53. The monoisotopic (exact) mass is 308 g/mol. The minimum absolute atomic E-state index is 0.0167. The Morgan fingerprint density at radius 1 is 1.32 bits per heavy atom. The first-order chi connectivity index (χ1) is 10.3. The summed E-state index contributed by atoms with van der Waals surface area (Å²) in [5, 5.41) is 20.1. The van der Waals surface area contributed by atoms with Crippen LogP contribution in [0.4, 0.5) is 0 Å². The van der Waals surface area contributed by atoms with Crippen molar-refractivity contribution in [3.8, 4) is 0 Å². The Hall–Kier alpha value is -1.39. The topological polar surface area (TPSA) is 66.8 Å². The van der Waals surface area contributed by atoms with Crippen molar-refractivity contribution < 1.29 is 19.7 Å². The summed E-state index contributed by atoms with van der Waals surface area (Å²) in [4.78, 5) is 12.0. The summed E-state index contributed by atoms with van der Waals surface area (Å²) in [5.41, 5.74) is 0.884. The molecule has 0 unspecified atom stereocenters. The SMILES string of the molecule is C=C/C=C(\C)[C@H]1OC(=O)C[C@H](O)CC[C@H](C)[C@@H](O)/C=C/[C@@H]1C. The first-order valence-corrected chi connectivity index (χ1v) is 7.88. The Morgan fingerprint density at radius 2 is 2.00 bits per heavy atom. The fourth-order valence-corrected chi connectivity index (χ4v) is 2.59. The van der Waals surface area contributed by atoms with Crippen molar-refractivity contribution in [1.29, 1.82) is 0 Å². The zero-order chi connectivity index (χ0) is 16.7. The van der Waals surface area contributed by atoms with E-state index < -0.39 is 24.3 Å². The number of aliphatic hydroxyl groups excluding tert-OH is 2. The van der Waals surface area contributed by atoms with Crippen LogP contribution in [-0.2, 0) is 9.53 Å². The van der Waals surface area contributed by atoms with E-state index in [9.17, 15) is 15.0 Å². The highest BCUT2D eigenvalue weighted by Gasteiger charge is 2.25. The molecule has 1 heterocycles. The molecular weight excluding hydrogens is 280 g/mol. The van der Waals surface area contributed by atoms with E-state index in [-0.39, 0.29) is 18.3 Å². The van der Waals surface area contributed by atoms with E-state index in [1.165, 1.54) is 0 Å². The standard InChI is InChI=1S/C18H28O4/c1-5-6-13(3)18-14(4)8-10-16(20)12(2)7-9-15(19)11-17(21)22-18/h5-6,8,10,12,14-16,18-20H,1,7,9,11H2,2-4H3/b10-8+,13-6+/t12-,14-,15+,16-,18+/m0/s1. The Bertz CT molecular complexity index is 438. The molecule has 5 atom stereocenters. The highest BCUT2D eigenvalue weighted by atomic mass is 16.5. The average molecular weight is 308 g/mol. The molecule has 1 rings (SSSR count). The molecule has 4 nitrogen and oxygen atoms in total. The first-order valence-electron chi connectivity index (χ1n) is 7.88. The lowest BCUT2D eigenvalue weighted by molar-refractivity contribution is -0.151. The van der Waals surface area contributed by atoms with E-state index >= 15 is 0 Å². The number of carbonyl (C=O) groups is 1. The van der Waals surface area contributed by atoms with Gasteiger partial charge in [0.05, 0.1) is 18.6 Å². The normalized spacial score (nSPS) is 36.7. The van der Waals surface area contributed by atoms with Crippen molar-refractivity contribution in [2.75, 3.05) is 0 Å². The van der Waals surface area contributed by atoms with Crippen LogP contribution in [0.15, 0.2) is 36.5 Å². The Kier molecular flexibility index (Phi) is 7.56. The van der Waals surface area contributed by atoms with Gasteiger partial charge in [0.25, 0.3) is 0 Å². The van der Waals surface area contributed by atoms with Crippen molar-refractivity contribution >= 4 is 5.97 Å². The van der Waals surface area contributed by atoms with Crippen molar-refractivity contribution in [2.45, 2.75) is 58.3 Å². The van der Waals surface area contributed by atoms with Gasteiger partial charge in [0.15, 0.2) is 0 Å². The molecular formula is C18H28O4. The zero-order valence-electron chi connectivity index (χ0n) is 13.7. The molecule has 0 aromatic rings. The highest BCUT2D eigenvalue weighted by Crippen LogP contribution is 2.22. The van der Waals surface area contributed by atoms with Gasteiger partial charge in [0.2, 0.25) is 0 Å². The lowest BCUT2D eigenvalue weighted by atomic mass is 9.92. The van der Waals surface area contributed by atoms with Gasteiger partial charge in [0.1, 0.15) is 6.10 Å². The van der Waals surface area contributed by atoms with Crippen LogP contribution in [-0.4, -0.2) is 34.5 Å². The molecule has 1 aliphatic heterocycles. The fourth-order valence-electron chi connectivity index (χ4n) is 2.59. The first kappa shape index (κ1) is 18.7. The van der Waals surface area contributed by atoms with Crippen molar-refractivity contribution in [1.82, 2.24) is 0 Å². The number of cyclic esters (lactones) is 1. The molecule has 4 heteroatoms. The molecule has 0 spiro atoms. The molecule has 0 saturated heterocycles. The van der Waals surface area contributed by atoms with Crippen molar-refractivity contribution in [3.05, 3.63) is 36.5 Å². The van der Waals surface area contributed by atoms with E-state index in [0.717, 1.165) is 5.57 Å². The number of allylic oxidation sites excluding steroid dienone is 2. The second-order valence-corrected chi connectivity index (χ2v) is 6.20. The summed E-state index contributed by atoms with van der Waals surface area (Å²) in [6.07, 6.45) is 6.51. The second kappa shape index (κ2) is 8.91. The van der Waals surface area contributed by atoms with Gasteiger partial charge in [-0.1, -0.05) is 44.7 Å². The van der Waals surface area contributed by atoms with Crippen LogP contribution in [0.5, 0.6) is 0 Å². The Balaban J connectivity index is 3.02. The van der Waals surface area contributed by atoms with Gasteiger partial charge in [0, 0.05) is 5.92 Å². The smallest absolute Gasteiger partial charge is 0.309 e. The lowest BCUT2D eigenvalue weighted by Crippen LogP contribution is -2.29. The van der Waals surface area contributed by atoms with E-state index in [0.29, 0.717) is 12.8 Å². The van der Waals surface area contributed by atoms with Gasteiger partial charge in [-0.05, 0) is 31.3 Å². The zero-order valence-corrected chi connectivity index (χ0v) is 13.7. The van der Waals surface area contributed by atoms with E-state index in [4.69, 9.17) is 4.74 Å². The summed E-state index contributed by atoms with van der Waals surface area (Å²) >= 11 is 0. The van der Waals surface area contributed by atoms with Crippen molar-refractivity contribution in [3.63, 3.8) is 0 Å². The molecule has 0 radical (unpaired) electrons. The molecule has 0 amide bonds. The molecule has 0 saturated carbocycles. The molecule has 0 aliphatic carbocycles. The lowest BCUT2D eigenvalue weighted by Gasteiger charge is -2.25. The van der Waals surface area contributed by atoms with Crippen LogP contribution in [0.1, 0.15) is 40.0 Å². The number of aliphatic hydroxyl groups is 2. The number of carbonyl (C=O) groups excluding carboxylic acids is 1. The van der Waals surface area contributed by atoms with Gasteiger partial charge >= 0.3 is 5.97 Å². The largest absolute Gasteiger partial charge is 0.457 e.